The van der Waals surface area contributed by atoms with Crippen LogP contribution in [-0.2, 0) is 0 Å². The van der Waals surface area contributed by atoms with Crippen LogP contribution in [0.15, 0.2) is 29.6 Å². The van der Waals surface area contributed by atoms with Gasteiger partial charge in [0.2, 0.25) is 0 Å². The van der Waals surface area contributed by atoms with Crippen molar-refractivity contribution in [2.24, 2.45) is 11.0 Å². The van der Waals surface area contributed by atoms with Gasteiger partial charge in [0.15, 0.2) is 5.71 Å². The lowest BCUT2D eigenvalue weighted by atomic mass is 10.1. The number of hydrazone groups is 1. The molecule has 0 unspecified atom stereocenters. The van der Waals surface area contributed by atoms with Crippen LogP contribution in [0.3, 0.4) is 0 Å². The molecule has 0 radical (unpaired) electrons. The summed E-state index contributed by atoms with van der Waals surface area (Å²) >= 11 is 0. The van der Waals surface area contributed by atoms with Crippen molar-refractivity contribution in [1.29, 1.82) is 10.7 Å². The van der Waals surface area contributed by atoms with Crippen LogP contribution in [0, 0.1) is 22.7 Å². The number of anilines is 1. The predicted octanol–water partition coefficient (Wildman–Crippen LogP) is 2.05. The standard InChI is InChI=1S/C11H13N5/c1-8(2)11(13)10(6-12)16-15-9-4-3-5-14-7-9/h3-5,7-8,13,15H,1-2H3/b13-11?,16-10+. The molecule has 2 N–H and O–H groups in total. The van der Waals surface area contributed by atoms with Gasteiger partial charge in [0, 0.05) is 6.20 Å². The second-order valence-corrected chi connectivity index (χ2v) is 3.49. The van der Waals surface area contributed by atoms with Gasteiger partial charge in [0.1, 0.15) is 6.07 Å². The van der Waals surface area contributed by atoms with E-state index >= 15 is 0 Å². The van der Waals surface area contributed by atoms with Crippen LogP contribution >= 0.6 is 0 Å². The van der Waals surface area contributed by atoms with E-state index in [0.717, 1.165) is 0 Å². The van der Waals surface area contributed by atoms with E-state index in [1.165, 1.54) is 0 Å². The first-order valence-corrected chi connectivity index (χ1v) is 4.87. The molecule has 0 fully saturated rings. The molecule has 5 heteroatoms. The van der Waals surface area contributed by atoms with Crippen molar-refractivity contribution in [1.82, 2.24) is 4.98 Å². The van der Waals surface area contributed by atoms with Crippen LogP contribution in [0.25, 0.3) is 0 Å². The summed E-state index contributed by atoms with van der Waals surface area (Å²) in [6.07, 6.45) is 3.24. The highest BCUT2D eigenvalue weighted by Gasteiger charge is 2.10. The number of hydrogen-bond acceptors (Lipinski definition) is 5. The highest BCUT2D eigenvalue weighted by molar-refractivity contribution is 6.47. The zero-order valence-corrected chi connectivity index (χ0v) is 9.23. The molecular weight excluding hydrogens is 202 g/mol. The van der Waals surface area contributed by atoms with Crippen molar-refractivity contribution >= 4 is 17.1 Å². The summed E-state index contributed by atoms with van der Waals surface area (Å²) in [5.74, 6) is -0.0194. The predicted molar refractivity (Wildman–Crippen MR) is 63.5 cm³/mol. The molecule has 1 rings (SSSR count). The Morgan fingerprint density at radius 1 is 1.62 bits per heavy atom. The van der Waals surface area contributed by atoms with Crippen molar-refractivity contribution < 1.29 is 0 Å². The first kappa shape index (κ1) is 11.9. The van der Waals surface area contributed by atoms with Crippen molar-refractivity contribution in [2.45, 2.75) is 13.8 Å². The van der Waals surface area contributed by atoms with E-state index in [9.17, 15) is 0 Å². The Morgan fingerprint density at radius 2 is 2.38 bits per heavy atom. The minimum absolute atomic E-state index is 0.0194. The highest BCUT2D eigenvalue weighted by atomic mass is 15.3. The number of rotatable bonds is 4. The average Bonchev–Trinajstić information content (AvgIpc) is 2.30. The van der Waals surface area contributed by atoms with E-state index in [1.54, 1.807) is 24.5 Å². The van der Waals surface area contributed by atoms with Crippen LogP contribution < -0.4 is 5.43 Å². The third-order valence-electron chi connectivity index (χ3n) is 1.90. The molecule has 0 bridgehead atoms. The van der Waals surface area contributed by atoms with Gasteiger partial charge in [-0.25, -0.2) is 0 Å². The van der Waals surface area contributed by atoms with Crippen LogP contribution in [0.1, 0.15) is 13.8 Å². The summed E-state index contributed by atoms with van der Waals surface area (Å²) in [4.78, 5) is 3.90. The maximum absolute atomic E-state index is 8.85. The molecule has 5 nitrogen and oxygen atoms in total. The maximum atomic E-state index is 8.85. The average molecular weight is 215 g/mol. The van der Waals surface area contributed by atoms with E-state index in [0.29, 0.717) is 5.69 Å². The molecule has 0 aliphatic carbocycles. The second-order valence-electron chi connectivity index (χ2n) is 3.49. The quantitative estimate of drug-likeness (QED) is 0.595. The van der Waals surface area contributed by atoms with Gasteiger partial charge in [-0.15, -0.1) is 0 Å². The Morgan fingerprint density at radius 3 is 2.88 bits per heavy atom. The lowest BCUT2D eigenvalue weighted by Crippen LogP contribution is -2.18. The van der Waals surface area contributed by atoms with E-state index in [-0.39, 0.29) is 17.3 Å². The normalized spacial score (nSPS) is 11.0. The number of hydrogen-bond donors (Lipinski definition) is 2. The Kier molecular flexibility index (Phi) is 4.16. The molecule has 16 heavy (non-hydrogen) atoms. The summed E-state index contributed by atoms with van der Waals surface area (Å²) in [6.45, 7) is 3.69. The van der Waals surface area contributed by atoms with Gasteiger partial charge in [0.05, 0.1) is 17.6 Å². The van der Waals surface area contributed by atoms with Crippen molar-refractivity contribution in [3.63, 3.8) is 0 Å². The third-order valence-corrected chi connectivity index (χ3v) is 1.90. The van der Waals surface area contributed by atoms with Crippen LogP contribution in [0.5, 0.6) is 0 Å². The fraction of sp³-hybridized carbons (Fsp3) is 0.273. The van der Waals surface area contributed by atoms with Crippen LogP contribution in [0.2, 0.25) is 0 Å². The van der Waals surface area contributed by atoms with Crippen molar-refractivity contribution in [3.8, 4) is 6.07 Å². The number of pyridine rings is 1. The Balaban J connectivity index is 2.76. The summed E-state index contributed by atoms with van der Waals surface area (Å²) in [5.41, 5.74) is 3.70. The van der Waals surface area contributed by atoms with E-state index in [1.807, 2.05) is 19.9 Å². The van der Waals surface area contributed by atoms with Gasteiger partial charge in [-0.1, -0.05) is 13.8 Å². The molecule has 0 spiro atoms. The molecule has 0 aliphatic heterocycles. The van der Waals surface area contributed by atoms with Gasteiger partial charge >= 0.3 is 0 Å². The molecule has 0 saturated heterocycles. The monoisotopic (exact) mass is 215 g/mol. The molecule has 0 aliphatic rings. The Labute approximate surface area is 94.3 Å². The lowest BCUT2D eigenvalue weighted by molar-refractivity contribution is 0.887. The first-order valence-electron chi connectivity index (χ1n) is 4.87. The SMILES string of the molecule is CC(C)C(=N)/C(C#N)=N/Nc1cccnc1. The minimum atomic E-state index is -0.0194. The second kappa shape index (κ2) is 5.61. The Hall–Kier alpha value is -2.22. The molecule has 1 heterocycles. The topological polar surface area (TPSA) is 84.9 Å². The molecule has 1 aromatic heterocycles. The Bertz CT molecular complexity index is 427. The van der Waals surface area contributed by atoms with Crippen LogP contribution in [-0.4, -0.2) is 16.4 Å². The molecule has 82 valence electrons. The molecule has 0 aromatic carbocycles. The van der Waals surface area contributed by atoms with E-state index in [2.05, 4.69) is 15.5 Å². The minimum Gasteiger partial charge on any atom is -0.302 e. The van der Waals surface area contributed by atoms with Gasteiger partial charge in [0.25, 0.3) is 0 Å². The number of nitriles is 1. The van der Waals surface area contributed by atoms with E-state index < -0.39 is 0 Å². The first-order chi connectivity index (χ1) is 7.65. The molecule has 0 amide bonds. The fourth-order valence-electron chi connectivity index (χ4n) is 0.968. The molecule has 0 atom stereocenters. The van der Waals surface area contributed by atoms with Gasteiger partial charge in [-0.05, 0) is 18.1 Å². The zero-order chi connectivity index (χ0) is 12.0. The molecular formula is C11H13N5. The third kappa shape index (κ3) is 3.17. The van der Waals surface area contributed by atoms with Crippen LogP contribution in [0.4, 0.5) is 5.69 Å². The summed E-state index contributed by atoms with van der Waals surface area (Å²) in [6, 6.07) is 5.44. The molecule has 1 aromatic rings. The summed E-state index contributed by atoms with van der Waals surface area (Å²) in [5, 5.41) is 20.4. The van der Waals surface area contributed by atoms with Gasteiger partial charge in [-0.3, -0.25) is 10.4 Å². The van der Waals surface area contributed by atoms with Crippen molar-refractivity contribution in [2.75, 3.05) is 5.43 Å². The fourth-order valence-corrected chi connectivity index (χ4v) is 0.968. The van der Waals surface area contributed by atoms with Crippen molar-refractivity contribution in [3.05, 3.63) is 24.5 Å². The summed E-state index contributed by atoms with van der Waals surface area (Å²) in [7, 11) is 0. The van der Waals surface area contributed by atoms with Gasteiger partial charge in [-0.2, -0.15) is 10.4 Å². The largest absolute Gasteiger partial charge is 0.302 e. The number of nitrogens with zero attached hydrogens (tertiary/aromatic N) is 3. The zero-order valence-electron chi connectivity index (χ0n) is 9.23. The maximum Gasteiger partial charge on any atom is 0.181 e. The molecule has 0 saturated carbocycles. The highest BCUT2D eigenvalue weighted by Crippen LogP contribution is 2.03. The number of nitrogens with one attached hydrogen (secondary N) is 2. The summed E-state index contributed by atoms with van der Waals surface area (Å²) < 4.78 is 0. The number of aromatic nitrogens is 1. The lowest BCUT2D eigenvalue weighted by Gasteiger charge is -2.05. The van der Waals surface area contributed by atoms with E-state index in [4.69, 9.17) is 10.7 Å². The smallest absolute Gasteiger partial charge is 0.181 e. The van der Waals surface area contributed by atoms with Gasteiger partial charge < -0.3 is 5.41 Å².